The molecule has 2 aliphatic heterocycles. The number of hydrogen-bond acceptors (Lipinski definition) is 5. The van der Waals surface area contributed by atoms with E-state index in [-0.39, 0.29) is 18.2 Å². The Morgan fingerprint density at radius 3 is 2.65 bits per heavy atom. The van der Waals surface area contributed by atoms with Crippen molar-refractivity contribution in [1.82, 2.24) is 9.47 Å². The predicted molar refractivity (Wildman–Crippen MR) is 113 cm³/mol. The molecular weight excluding hydrogens is 401 g/mol. The van der Waals surface area contributed by atoms with E-state index in [4.69, 9.17) is 4.74 Å². The number of hydrogen-bond donors (Lipinski definition) is 1. The van der Waals surface area contributed by atoms with E-state index in [1.165, 1.54) is 13.2 Å². The first-order valence-corrected chi connectivity index (χ1v) is 10.6. The number of ketones is 1. The van der Waals surface area contributed by atoms with Gasteiger partial charge in [0.1, 0.15) is 11.7 Å². The Labute approximate surface area is 180 Å². The first kappa shape index (κ1) is 20.1. The number of benzene rings is 1. The second-order valence-corrected chi connectivity index (χ2v) is 8.94. The summed E-state index contributed by atoms with van der Waals surface area (Å²) in [6.07, 6.45) is 3.78. The highest BCUT2D eigenvalue weighted by molar-refractivity contribution is 6.15. The van der Waals surface area contributed by atoms with Crippen LogP contribution in [0.2, 0.25) is 0 Å². The summed E-state index contributed by atoms with van der Waals surface area (Å²) < 4.78 is 23.3. The van der Waals surface area contributed by atoms with Crippen molar-refractivity contribution >= 4 is 17.4 Å². The van der Waals surface area contributed by atoms with Gasteiger partial charge in [0.05, 0.1) is 18.4 Å². The summed E-state index contributed by atoms with van der Waals surface area (Å²) in [5.41, 5.74) is 2.75. The third kappa shape index (κ3) is 3.12. The number of carbonyl (C=O) groups excluding carboxylic acids is 1. The molecule has 8 heteroatoms. The van der Waals surface area contributed by atoms with Gasteiger partial charge in [-0.15, -0.1) is 0 Å². The Kier molecular flexibility index (Phi) is 4.58. The minimum atomic E-state index is -1.19. The molecule has 1 aliphatic carbocycles. The molecule has 1 N–H and O–H groups in total. The lowest BCUT2D eigenvalue weighted by molar-refractivity contribution is -0.139. The van der Waals surface area contributed by atoms with Gasteiger partial charge in [0.25, 0.3) is 0 Å². The minimum absolute atomic E-state index is 0.0852. The lowest BCUT2D eigenvalue weighted by Crippen LogP contribution is -2.44. The Hall–Kier alpha value is -2.87. The quantitative estimate of drug-likeness (QED) is 0.757. The Morgan fingerprint density at radius 1 is 1.26 bits per heavy atom. The Morgan fingerprint density at radius 2 is 2.00 bits per heavy atom. The fourth-order valence-corrected chi connectivity index (χ4v) is 4.85. The zero-order valence-electron chi connectivity index (χ0n) is 17.9. The number of carboxylic acids is 1. The molecule has 1 aromatic carbocycles. The highest BCUT2D eigenvalue weighted by Crippen LogP contribution is 2.49. The third-order valence-corrected chi connectivity index (χ3v) is 6.84. The van der Waals surface area contributed by atoms with E-state index < -0.39 is 23.5 Å². The van der Waals surface area contributed by atoms with Gasteiger partial charge in [-0.2, -0.15) is 0 Å². The summed E-state index contributed by atoms with van der Waals surface area (Å²) in [6.45, 7) is 3.82. The molecule has 3 heterocycles. The summed E-state index contributed by atoms with van der Waals surface area (Å²) >= 11 is 0. The van der Waals surface area contributed by atoms with Crippen LogP contribution in [0.1, 0.15) is 35.8 Å². The average Bonchev–Trinajstić information content (AvgIpc) is 3.49. The highest BCUT2D eigenvalue weighted by atomic mass is 19.1. The normalized spacial score (nSPS) is 23.5. The van der Waals surface area contributed by atoms with Crippen molar-refractivity contribution in [2.75, 3.05) is 25.6 Å². The number of Topliss-reactive ketones (excluding diaryl/α,β-unsaturated/α-hetero) is 1. The van der Waals surface area contributed by atoms with Crippen molar-refractivity contribution in [1.29, 1.82) is 0 Å². The summed E-state index contributed by atoms with van der Waals surface area (Å²) in [5, 5.41) is 9.54. The number of ether oxygens (including phenoxy) is 1. The highest BCUT2D eigenvalue weighted by Gasteiger charge is 2.44. The number of fused-ring (bicyclic) bond motifs is 2. The molecule has 1 unspecified atom stereocenters. The molecule has 3 aliphatic rings. The van der Waals surface area contributed by atoms with Crippen LogP contribution in [0.3, 0.4) is 0 Å². The van der Waals surface area contributed by atoms with Gasteiger partial charge in [-0.1, -0.05) is 0 Å². The van der Waals surface area contributed by atoms with E-state index >= 15 is 4.39 Å². The van der Waals surface area contributed by atoms with E-state index in [1.807, 2.05) is 17.2 Å². The Bertz CT molecular complexity index is 1060. The molecule has 5 rings (SSSR count). The van der Waals surface area contributed by atoms with Crippen molar-refractivity contribution in [2.45, 2.75) is 44.9 Å². The fourth-order valence-electron chi connectivity index (χ4n) is 4.85. The van der Waals surface area contributed by atoms with Crippen LogP contribution in [0.25, 0.3) is 11.1 Å². The third-order valence-electron chi connectivity index (χ3n) is 6.84. The molecule has 0 amide bonds. The maximum absolute atomic E-state index is 15.5. The largest absolute Gasteiger partial charge is 0.494 e. The number of anilines is 1. The monoisotopic (exact) mass is 427 g/mol. The topological polar surface area (TPSA) is 75.0 Å². The number of halogens is 1. The van der Waals surface area contributed by atoms with Crippen LogP contribution in [0.15, 0.2) is 18.3 Å². The summed E-state index contributed by atoms with van der Waals surface area (Å²) in [4.78, 5) is 28.8. The molecule has 2 atom stereocenters. The van der Waals surface area contributed by atoms with Crippen LogP contribution in [-0.4, -0.2) is 59.1 Å². The van der Waals surface area contributed by atoms with E-state index in [9.17, 15) is 14.7 Å². The number of rotatable bonds is 4. The van der Waals surface area contributed by atoms with Crippen LogP contribution in [0.4, 0.5) is 10.1 Å². The zero-order valence-corrected chi connectivity index (χ0v) is 17.9. The molecule has 0 spiro atoms. The second kappa shape index (κ2) is 7.09. The molecule has 0 bridgehead atoms. The predicted octanol–water partition coefficient (Wildman–Crippen LogP) is 3.00. The van der Waals surface area contributed by atoms with E-state index in [2.05, 4.69) is 23.4 Å². The van der Waals surface area contributed by atoms with Gasteiger partial charge in [0.15, 0.2) is 11.5 Å². The van der Waals surface area contributed by atoms with Crippen molar-refractivity contribution in [3.05, 3.63) is 35.4 Å². The van der Waals surface area contributed by atoms with Crippen molar-refractivity contribution in [3.8, 4) is 16.9 Å². The molecule has 164 valence electrons. The minimum Gasteiger partial charge on any atom is -0.494 e. The standard InChI is InChI=1S/C23H26FN3O4/c1-12-8-26-9-13(6-15(26)10-25(12)2)19-18(24)7-16-20(22(19)31-3)27(14-4-5-14)11-17(21(16)28)23(29)30/h6-7,9,12,14,17H,4-5,8,10-11H2,1-3H3,(H,29,30)/t12-,17?/m0/s1. The van der Waals surface area contributed by atoms with E-state index in [0.717, 1.165) is 31.6 Å². The van der Waals surface area contributed by atoms with Gasteiger partial charge in [-0.05, 0) is 38.9 Å². The molecule has 7 nitrogen and oxygen atoms in total. The van der Waals surface area contributed by atoms with E-state index in [1.54, 1.807) is 0 Å². The van der Waals surface area contributed by atoms with Gasteiger partial charge in [0, 0.05) is 54.7 Å². The van der Waals surface area contributed by atoms with Crippen LogP contribution in [-0.2, 0) is 17.9 Å². The van der Waals surface area contributed by atoms with Crippen molar-refractivity contribution < 1.29 is 23.8 Å². The van der Waals surface area contributed by atoms with E-state index in [0.29, 0.717) is 28.6 Å². The average molecular weight is 427 g/mol. The lowest BCUT2D eigenvalue weighted by Gasteiger charge is -2.35. The molecule has 0 radical (unpaired) electrons. The summed E-state index contributed by atoms with van der Waals surface area (Å²) in [7, 11) is 3.54. The van der Waals surface area contributed by atoms with Gasteiger partial charge in [-0.25, -0.2) is 4.39 Å². The first-order valence-electron chi connectivity index (χ1n) is 10.6. The second-order valence-electron chi connectivity index (χ2n) is 8.94. The number of likely N-dealkylation sites (N-methyl/N-ethyl adjacent to an activating group) is 1. The van der Waals surface area contributed by atoms with Crippen LogP contribution >= 0.6 is 0 Å². The van der Waals surface area contributed by atoms with Gasteiger partial charge in [-0.3, -0.25) is 14.5 Å². The molecule has 31 heavy (non-hydrogen) atoms. The smallest absolute Gasteiger partial charge is 0.316 e. The van der Waals surface area contributed by atoms with Gasteiger partial charge in [0.2, 0.25) is 0 Å². The molecular formula is C23H26FN3O4. The van der Waals surface area contributed by atoms with Crippen LogP contribution in [0.5, 0.6) is 5.75 Å². The number of carbonyl (C=O) groups is 2. The van der Waals surface area contributed by atoms with Crippen LogP contribution < -0.4 is 9.64 Å². The number of aliphatic carboxylic acids is 1. The number of methoxy groups -OCH3 is 1. The molecule has 2 aromatic rings. The van der Waals surface area contributed by atoms with Gasteiger partial charge >= 0.3 is 5.97 Å². The SMILES string of the molecule is COc1c(-c2cc3n(c2)C[C@H](C)N(C)C3)c(F)cc2c1N(C1CC1)CC(C(=O)O)C2=O. The fraction of sp³-hybridized carbons (Fsp3) is 0.478. The van der Waals surface area contributed by atoms with Crippen LogP contribution in [0, 0.1) is 11.7 Å². The number of aromatic nitrogens is 1. The van der Waals surface area contributed by atoms with Crippen molar-refractivity contribution in [2.24, 2.45) is 5.92 Å². The number of carboxylic acid groups (broad SMARTS) is 1. The molecule has 1 fully saturated rings. The first-order chi connectivity index (χ1) is 14.8. The lowest BCUT2D eigenvalue weighted by atomic mass is 9.88. The van der Waals surface area contributed by atoms with Gasteiger partial charge < -0.3 is 19.3 Å². The maximum atomic E-state index is 15.5. The molecule has 0 saturated heterocycles. The Balaban J connectivity index is 1.68. The molecule has 1 saturated carbocycles. The summed E-state index contributed by atoms with van der Waals surface area (Å²) in [6, 6.07) is 3.70. The van der Waals surface area contributed by atoms with Crippen molar-refractivity contribution in [3.63, 3.8) is 0 Å². The number of nitrogens with zero attached hydrogens (tertiary/aromatic N) is 3. The molecule has 1 aromatic heterocycles. The maximum Gasteiger partial charge on any atom is 0.316 e. The zero-order chi connectivity index (χ0) is 22.0. The summed E-state index contributed by atoms with van der Waals surface area (Å²) in [5.74, 6) is -3.20.